The average Bonchev–Trinajstić information content (AvgIpc) is 3.23. The summed E-state index contributed by atoms with van der Waals surface area (Å²) in [7, 11) is 1.83. The minimum absolute atomic E-state index is 0.165. The van der Waals surface area contributed by atoms with E-state index in [-0.39, 0.29) is 11.4 Å². The van der Waals surface area contributed by atoms with Gasteiger partial charge in [0.05, 0.1) is 30.1 Å². The molecule has 3 rings (SSSR count). The third-order valence-electron chi connectivity index (χ3n) is 3.64. The first-order valence-corrected chi connectivity index (χ1v) is 7.87. The lowest BCUT2D eigenvalue weighted by atomic mass is 10.0. The number of anilines is 2. The van der Waals surface area contributed by atoms with E-state index in [1.54, 1.807) is 31.4 Å². The summed E-state index contributed by atoms with van der Waals surface area (Å²) < 4.78 is 4.96. The van der Waals surface area contributed by atoms with Gasteiger partial charge in [-0.15, -0.1) is 0 Å². The van der Waals surface area contributed by atoms with Crippen LogP contribution in [0.25, 0.3) is 0 Å². The Morgan fingerprint density at radius 1 is 1.41 bits per heavy atom. The minimum atomic E-state index is 0.165. The molecule has 8 nitrogen and oxygen atoms in total. The molecule has 0 spiro atoms. The van der Waals surface area contributed by atoms with Crippen molar-refractivity contribution < 1.29 is 9.21 Å². The van der Waals surface area contributed by atoms with Crippen LogP contribution >= 0.6 is 0 Å². The van der Waals surface area contributed by atoms with Crippen LogP contribution in [0.5, 0.6) is 0 Å². The lowest BCUT2D eigenvalue weighted by Gasteiger charge is -2.08. The summed E-state index contributed by atoms with van der Waals surface area (Å²) in [5.74, 6) is 0. The van der Waals surface area contributed by atoms with E-state index in [1.165, 1.54) is 12.5 Å². The number of benzene rings is 1. The van der Waals surface area contributed by atoms with Gasteiger partial charge >= 0.3 is 0 Å². The lowest BCUT2D eigenvalue weighted by Crippen LogP contribution is -2.05. The quantitative estimate of drug-likeness (QED) is 0.368. The van der Waals surface area contributed by atoms with Gasteiger partial charge in [-0.05, 0) is 31.2 Å². The van der Waals surface area contributed by atoms with Crippen LogP contribution in [-0.2, 0) is 0 Å². The molecular formula is C19H18N6O2. The topological polar surface area (TPSA) is 142 Å². The number of carbonyl (C=O) groups is 1. The Morgan fingerprint density at radius 2 is 2.19 bits per heavy atom. The van der Waals surface area contributed by atoms with E-state index < -0.39 is 0 Å². The largest absolute Gasteiger partial charge is 0.472 e. The Bertz CT molecular complexity index is 990. The molecular weight excluding hydrogens is 344 g/mol. The Labute approximate surface area is 156 Å². The van der Waals surface area contributed by atoms with E-state index in [0.29, 0.717) is 28.9 Å². The van der Waals surface area contributed by atoms with Crippen LogP contribution in [-0.4, -0.2) is 29.0 Å². The highest BCUT2D eigenvalue weighted by Gasteiger charge is 2.10. The van der Waals surface area contributed by atoms with E-state index >= 15 is 0 Å². The molecule has 0 amide bonds. The van der Waals surface area contributed by atoms with Crippen molar-refractivity contribution in [2.45, 2.75) is 6.92 Å². The summed E-state index contributed by atoms with van der Waals surface area (Å²) in [6, 6.07) is 9.06. The number of hydrogen-bond acceptors (Lipinski definition) is 8. The van der Waals surface area contributed by atoms with E-state index in [9.17, 15) is 4.79 Å². The van der Waals surface area contributed by atoms with Gasteiger partial charge in [0.25, 0.3) is 0 Å². The zero-order chi connectivity index (χ0) is 19.8. The SMILES string of the molecule is CNc1ccc(N)c(C(=N)c2ccoc2)c1.Cc1ncc(C#N)nc1C=O. The van der Waals surface area contributed by atoms with Crippen molar-refractivity contribution in [1.82, 2.24) is 9.97 Å². The van der Waals surface area contributed by atoms with Crippen LogP contribution in [0.2, 0.25) is 0 Å². The molecule has 27 heavy (non-hydrogen) atoms. The monoisotopic (exact) mass is 362 g/mol. The number of nitrogens with zero attached hydrogens (tertiary/aromatic N) is 3. The zero-order valence-electron chi connectivity index (χ0n) is 14.9. The highest BCUT2D eigenvalue weighted by Crippen LogP contribution is 2.21. The molecule has 4 N–H and O–H groups in total. The fourth-order valence-electron chi connectivity index (χ4n) is 2.12. The third-order valence-corrected chi connectivity index (χ3v) is 3.64. The zero-order valence-corrected chi connectivity index (χ0v) is 14.9. The van der Waals surface area contributed by atoms with Crippen LogP contribution < -0.4 is 11.1 Å². The Hall–Kier alpha value is -3.99. The van der Waals surface area contributed by atoms with Gasteiger partial charge in [-0.2, -0.15) is 5.26 Å². The van der Waals surface area contributed by atoms with E-state index in [4.69, 9.17) is 20.8 Å². The van der Waals surface area contributed by atoms with Gasteiger partial charge in [0.2, 0.25) is 0 Å². The van der Waals surface area contributed by atoms with Gasteiger partial charge in [-0.25, -0.2) is 4.98 Å². The maximum absolute atomic E-state index is 10.3. The molecule has 3 aromatic rings. The molecule has 136 valence electrons. The van der Waals surface area contributed by atoms with E-state index in [0.717, 1.165) is 11.3 Å². The number of rotatable bonds is 4. The first kappa shape index (κ1) is 19.3. The number of nitriles is 1. The molecule has 0 aliphatic carbocycles. The standard InChI is InChI=1S/C12H13N3O.C7H5N3O/c1-15-9-2-3-11(13)10(6-9)12(14)8-4-5-16-7-8;1-5-7(4-11)10-6(2-8)3-9-5/h2-7,14-15H,13H2,1H3;3-4H,1H3. The van der Waals surface area contributed by atoms with Crippen LogP contribution in [0.4, 0.5) is 11.4 Å². The van der Waals surface area contributed by atoms with Crippen molar-refractivity contribution in [1.29, 1.82) is 10.7 Å². The number of aromatic nitrogens is 2. The maximum atomic E-state index is 10.3. The van der Waals surface area contributed by atoms with Crippen LogP contribution in [0.3, 0.4) is 0 Å². The normalized spacial score (nSPS) is 9.52. The highest BCUT2D eigenvalue weighted by atomic mass is 16.3. The fourth-order valence-corrected chi connectivity index (χ4v) is 2.12. The molecule has 0 bridgehead atoms. The Morgan fingerprint density at radius 3 is 2.78 bits per heavy atom. The summed E-state index contributed by atoms with van der Waals surface area (Å²) in [6.45, 7) is 1.66. The number of furan rings is 1. The maximum Gasteiger partial charge on any atom is 0.170 e. The average molecular weight is 362 g/mol. The van der Waals surface area contributed by atoms with Gasteiger partial charge < -0.3 is 15.5 Å². The number of aryl methyl sites for hydroxylation is 1. The Kier molecular flexibility index (Phi) is 6.39. The van der Waals surface area contributed by atoms with Crippen molar-refractivity contribution in [2.24, 2.45) is 0 Å². The summed E-state index contributed by atoms with van der Waals surface area (Å²) in [5, 5.41) is 19.4. The molecule has 0 unspecified atom stereocenters. The van der Waals surface area contributed by atoms with Crippen LogP contribution in [0, 0.1) is 23.7 Å². The molecule has 2 aromatic heterocycles. The number of nitrogens with two attached hydrogens (primary N) is 1. The van der Waals surface area contributed by atoms with Crippen molar-refractivity contribution in [3.8, 4) is 6.07 Å². The number of nitrogen functional groups attached to an aromatic ring is 1. The first-order valence-electron chi connectivity index (χ1n) is 7.87. The lowest BCUT2D eigenvalue weighted by molar-refractivity contribution is 0.111. The van der Waals surface area contributed by atoms with Gasteiger partial charge in [0.15, 0.2) is 12.0 Å². The second kappa shape index (κ2) is 8.92. The summed E-state index contributed by atoms with van der Waals surface area (Å²) in [5.41, 5.74) is 10.1. The van der Waals surface area contributed by atoms with Gasteiger partial charge in [0.1, 0.15) is 11.8 Å². The van der Waals surface area contributed by atoms with Gasteiger partial charge in [0, 0.05) is 29.5 Å². The molecule has 0 fully saturated rings. The van der Waals surface area contributed by atoms with Crippen molar-refractivity contribution in [3.05, 3.63) is 71.2 Å². The van der Waals surface area contributed by atoms with Gasteiger partial charge in [-0.3, -0.25) is 15.2 Å². The fraction of sp³-hybridized carbons (Fsp3) is 0.105. The van der Waals surface area contributed by atoms with Gasteiger partial charge in [-0.1, -0.05) is 0 Å². The molecule has 8 heteroatoms. The van der Waals surface area contributed by atoms with E-state index in [1.807, 2.05) is 19.2 Å². The number of hydrogen-bond donors (Lipinski definition) is 3. The number of nitrogens with one attached hydrogen (secondary N) is 2. The Balaban J connectivity index is 0.000000208. The molecule has 0 radical (unpaired) electrons. The van der Waals surface area contributed by atoms with Crippen molar-refractivity contribution in [3.63, 3.8) is 0 Å². The second-order valence-corrected chi connectivity index (χ2v) is 5.39. The van der Waals surface area contributed by atoms with Crippen LogP contribution in [0.1, 0.15) is 33.0 Å². The van der Waals surface area contributed by atoms with Crippen molar-refractivity contribution >= 4 is 23.4 Å². The third kappa shape index (κ3) is 4.76. The number of carbonyl (C=O) groups excluding carboxylic acids is 1. The molecule has 2 heterocycles. The highest BCUT2D eigenvalue weighted by molar-refractivity contribution is 6.14. The second-order valence-electron chi connectivity index (χ2n) is 5.39. The summed E-state index contributed by atoms with van der Waals surface area (Å²) in [6.07, 6.45) is 5.00. The predicted molar refractivity (Wildman–Crippen MR) is 102 cm³/mol. The number of aldehydes is 1. The first-order chi connectivity index (χ1) is 13.0. The minimum Gasteiger partial charge on any atom is -0.472 e. The smallest absolute Gasteiger partial charge is 0.170 e. The molecule has 0 saturated heterocycles. The summed E-state index contributed by atoms with van der Waals surface area (Å²) >= 11 is 0. The molecule has 0 aliphatic rings. The summed E-state index contributed by atoms with van der Waals surface area (Å²) in [4.78, 5) is 17.8. The van der Waals surface area contributed by atoms with E-state index in [2.05, 4.69) is 15.3 Å². The molecule has 0 saturated carbocycles. The molecule has 0 atom stereocenters. The molecule has 1 aromatic carbocycles. The predicted octanol–water partition coefficient (Wildman–Crippen LogP) is 2.79. The van der Waals surface area contributed by atoms with Crippen LogP contribution in [0.15, 0.2) is 47.4 Å². The molecule has 0 aliphatic heterocycles. The van der Waals surface area contributed by atoms with Crippen molar-refractivity contribution in [2.75, 3.05) is 18.1 Å².